The third-order valence-corrected chi connectivity index (χ3v) is 5.62. The Hall–Kier alpha value is -2.82. The van der Waals surface area contributed by atoms with Crippen LogP contribution in [0, 0.1) is 56.2 Å². The van der Waals surface area contributed by atoms with Crippen LogP contribution in [-0.2, 0) is 9.47 Å². The molecular formula is C17H14N4O3. The van der Waals surface area contributed by atoms with E-state index in [2.05, 4.69) is 6.07 Å². The van der Waals surface area contributed by atoms with E-state index in [0.717, 1.165) is 12.8 Å². The van der Waals surface area contributed by atoms with Crippen LogP contribution in [-0.4, -0.2) is 11.7 Å². The predicted octanol–water partition coefficient (Wildman–Crippen LogP) is 2.79. The van der Waals surface area contributed by atoms with Crippen LogP contribution in [0.2, 0.25) is 0 Å². The first-order chi connectivity index (χ1) is 11.6. The molecule has 0 radical (unpaired) electrons. The van der Waals surface area contributed by atoms with Gasteiger partial charge in [-0.15, -0.1) is 0 Å². The van der Waals surface area contributed by atoms with Crippen LogP contribution in [0.15, 0.2) is 22.8 Å². The van der Waals surface area contributed by atoms with Crippen molar-refractivity contribution < 1.29 is 13.9 Å². The lowest BCUT2D eigenvalue weighted by Gasteiger charge is -2.50. The summed E-state index contributed by atoms with van der Waals surface area (Å²) in [5.74, 6) is -1.70. The molecule has 1 aromatic heterocycles. The van der Waals surface area contributed by atoms with Crippen molar-refractivity contribution in [3.63, 3.8) is 0 Å². The smallest absolute Gasteiger partial charge is 0.217 e. The van der Waals surface area contributed by atoms with Gasteiger partial charge < -0.3 is 13.9 Å². The molecule has 120 valence electrons. The Bertz CT molecular complexity index is 813. The molecule has 2 saturated heterocycles. The summed E-state index contributed by atoms with van der Waals surface area (Å²) < 4.78 is 17.3. The minimum Gasteiger partial charge on any atom is -0.466 e. The molecule has 3 fully saturated rings. The average molecular weight is 322 g/mol. The van der Waals surface area contributed by atoms with E-state index in [1.54, 1.807) is 12.1 Å². The summed E-state index contributed by atoms with van der Waals surface area (Å²) in [6.07, 6.45) is 3.12. The van der Waals surface area contributed by atoms with Crippen molar-refractivity contribution in [2.45, 2.75) is 37.6 Å². The molecule has 1 aromatic rings. The average Bonchev–Trinajstić information content (AvgIpc) is 3.19. The largest absolute Gasteiger partial charge is 0.466 e. The third-order valence-electron chi connectivity index (χ3n) is 5.62. The molecule has 2 aliphatic heterocycles. The van der Waals surface area contributed by atoms with Gasteiger partial charge in [-0.05, 0) is 25.0 Å². The fourth-order valence-corrected chi connectivity index (χ4v) is 4.56. The molecule has 3 heterocycles. The standard InChI is InChI=1S/C17H14N4O3/c18-8-15(9-19)13(11-4-3-7-22-11)23-17-6-2-1-5-12(17)16(15,10-20)14(21)24-17/h3-4,7,12-13,21H,1-2,5-6H2/t12-,13-,16+,17-/m1/s1. The maximum Gasteiger partial charge on any atom is 0.217 e. The van der Waals surface area contributed by atoms with Crippen LogP contribution in [0.3, 0.4) is 0 Å². The van der Waals surface area contributed by atoms with Crippen LogP contribution in [0.1, 0.15) is 37.5 Å². The van der Waals surface area contributed by atoms with Crippen LogP contribution in [0.4, 0.5) is 0 Å². The fourth-order valence-electron chi connectivity index (χ4n) is 4.56. The van der Waals surface area contributed by atoms with Gasteiger partial charge in [0.2, 0.25) is 17.1 Å². The summed E-state index contributed by atoms with van der Waals surface area (Å²) >= 11 is 0. The predicted molar refractivity (Wildman–Crippen MR) is 77.7 cm³/mol. The van der Waals surface area contributed by atoms with Crippen molar-refractivity contribution in [1.82, 2.24) is 0 Å². The van der Waals surface area contributed by atoms with E-state index in [-0.39, 0.29) is 5.90 Å². The minimum absolute atomic E-state index is 0.291. The van der Waals surface area contributed by atoms with Crippen LogP contribution < -0.4 is 0 Å². The number of ether oxygens (including phenoxy) is 2. The Morgan fingerprint density at radius 1 is 1.17 bits per heavy atom. The quantitative estimate of drug-likeness (QED) is 0.846. The number of hydrogen-bond acceptors (Lipinski definition) is 7. The van der Waals surface area contributed by atoms with E-state index in [1.807, 2.05) is 12.1 Å². The van der Waals surface area contributed by atoms with E-state index >= 15 is 0 Å². The van der Waals surface area contributed by atoms with E-state index in [1.165, 1.54) is 6.26 Å². The first kappa shape index (κ1) is 14.8. The first-order valence-electron chi connectivity index (χ1n) is 7.83. The fraction of sp³-hybridized carbons (Fsp3) is 0.529. The molecule has 24 heavy (non-hydrogen) atoms. The van der Waals surface area contributed by atoms with Crippen molar-refractivity contribution >= 4 is 5.90 Å². The molecule has 0 unspecified atom stereocenters. The van der Waals surface area contributed by atoms with Crippen LogP contribution in [0.25, 0.3) is 0 Å². The van der Waals surface area contributed by atoms with Gasteiger partial charge in [0.05, 0.1) is 30.4 Å². The number of nitriles is 3. The van der Waals surface area contributed by atoms with E-state index < -0.39 is 28.6 Å². The molecule has 1 N–H and O–H groups in total. The zero-order chi connectivity index (χ0) is 17.0. The molecule has 1 aliphatic carbocycles. The summed E-state index contributed by atoms with van der Waals surface area (Å²) in [5, 5.41) is 38.2. The number of furan rings is 1. The number of nitrogens with one attached hydrogen (secondary N) is 1. The summed E-state index contributed by atoms with van der Waals surface area (Å²) in [4.78, 5) is 0. The van der Waals surface area contributed by atoms with Gasteiger partial charge in [-0.2, -0.15) is 15.8 Å². The number of rotatable bonds is 1. The molecule has 4 rings (SSSR count). The zero-order valence-electron chi connectivity index (χ0n) is 12.8. The topological polar surface area (TPSA) is 127 Å². The Labute approximate surface area is 138 Å². The maximum atomic E-state index is 10.0. The third kappa shape index (κ3) is 1.36. The summed E-state index contributed by atoms with van der Waals surface area (Å²) in [6.45, 7) is 0. The van der Waals surface area contributed by atoms with Crippen LogP contribution >= 0.6 is 0 Å². The van der Waals surface area contributed by atoms with Gasteiger partial charge in [0.1, 0.15) is 5.76 Å². The Balaban J connectivity index is 2.02. The van der Waals surface area contributed by atoms with Gasteiger partial charge in [0.25, 0.3) is 0 Å². The SMILES string of the molecule is N#CC1(C#N)[C@@H](c2ccco2)O[C@@]23CCCC[C@@H]2[C@@]1(C#N)C(=N)O3. The zero-order valence-corrected chi connectivity index (χ0v) is 12.8. The van der Waals surface area contributed by atoms with Gasteiger partial charge in [-0.3, -0.25) is 5.41 Å². The monoisotopic (exact) mass is 322 g/mol. The highest BCUT2D eigenvalue weighted by Crippen LogP contribution is 2.69. The lowest BCUT2D eigenvalue weighted by molar-refractivity contribution is -0.297. The molecule has 3 aliphatic rings. The van der Waals surface area contributed by atoms with E-state index in [9.17, 15) is 15.8 Å². The minimum atomic E-state index is -1.90. The lowest BCUT2D eigenvalue weighted by atomic mass is 9.52. The highest BCUT2D eigenvalue weighted by molar-refractivity contribution is 5.89. The molecule has 2 bridgehead atoms. The highest BCUT2D eigenvalue weighted by Gasteiger charge is 2.80. The summed E-state index contributed by atoms with van der Waals surface area (Å²) in [5.41, 5.74) is -3.56. The Morgan fingerprint density at radius 2 is 1.96 bits per heavy atom. The lowest BCUT2D eigenvalue weighted by Crippen LogP contribution is -2.60. The second-order valence-electron chi connectivity index (χ2n) is 6.51. The first-order valence-corrected chi connectivity index (χ1v) is 7.83. The van der Waals surface area contributed by atoms with Gasteiger partial charge in [0, 0.05) is 6.42 Å². The molecule has 0 amide bonds. The second kappa shape index (κ2) is 4.60. The summed E-state index contributed by atoms with van der Waals surface area (Å²) in [7, 11) is 0. The molecular weight excluding hydrogens is 308 g/mol. The van der Waals surface area contributed by atoms with Gasteiger partial charge in [-0.25, -0.2) is 0 Å². The molecule has 7 heteroatoms. The second-order valence-corrected chi connectivity index (χ2v) is 6.51. The molecule has 0 spiro atoms. The molecule has 4 atom stereocenters. The maximum absolute atomic E-state index is 10.0. The van der Waals surface area contributed by atoms with Crippen molar-refractivity contribution in [2.75, 3.05) is 0 Å². The van der Waals surface area contributed by atoms with Gasteiger partial charge in [0.15, 0.2) is 11.5 Å². The highest BCUT2D eigenvalue weighted by atomic mass is 16.7. The van der Waals surface area contributed by atoms with Crippen molar-refractivity contribution in [2.24, 2.45) is 16.7 Å². The van der Waals surface area contributed by atoms with E-state index in [4.69, 9.17) is 19.3 Å². The summed E-state index contributed by atoms with van der Waals surface area (Å²) in [6, 6.07) is 9.36. The van der Waals surface area contributed by atoms with Crippen molar-refractivity contribution in [3.05, 3.63) is 24.2 Å². The van der Waals surface area contributed by atoms with Gasteiger partial charge in [-0.1, -0.05) is 6.42 Å². The number of nitrogens with zero attached hydrogens (tertiary/aromatic N) is 3. The van der Waals surface area contributed by atoms with Crippen molar-refractivity contribution in [3.8, 4) is 18.2 Å². The molecule has 1 saturated carbocycles. The Morgan fingerprint density at radius 3 is 2.58 bits per heavy atom. The molecule has 7 nitrogen and oxygen atoms in total. The van der Waals surface area contributed by atoms with Crippen LogP contribution in [0.5, 0.6) is 0 Å². The van der Waals surface area contributed by atoms with Crippen molar-refractivity contribution in [1.29, 1.82) is 21.2 Å². The van der Waals surface area contributed by atoms with E-state index in [0.29, 0.717) is 18.6 Å². The normalized spacial score (nSPS) is 39.0. The Kier molecular flexibility index (Phi) is 2.83. The number of hydrogen-bond donors (Lipinski definition) is 1. The molecule has 0 aromatic carbocycles. The van der Waals surface area contributed by atoms with Gasteiger partial charge >= 0.3 is 0 Å².